The van der Waals surface area contributed by atoms with E-state index in [1.165, 1.54) is 12.7 Å². The van der Waals surface area contributed by atoms with Crippen LogP contribution in [0.3, 0.4) is 0 Å². The zero-order chi connectivity index (χ0) is 13.5. The van der Waals surface area contributed by atoms with Crippen molar-refractivity contribution in [2.45, 2.75) is 37.5 Å². The highest BCUT2D eigenvalue weighted by molar-refractivity contribution is 5.78. The maximum Gasteiger partial charge on any atom is 0.311 e. The average molecular weight is 260 g/mol. The van der Waals surface area contributed by atoms with Gasteiger partial charge in [0.05, 0.1) is 19.6 Å². The molecule has 0 N–H and O–H groups in total. The van der Waals surface area contributed by atoms with E-state index in [1.54, 1.807) is 7.11 Å². The molecule has 2 bridgehead atoms. The first-order valence-corrected chi connectivity index (χ1v) is 6.87. The first-order chi connectivity index (χ1) is 9.14. The van der Waals surface area contributed by atoms with E-state index in [9.17, 15) is 4.79 Å². The van der Waals surface area contributed by atoms with E-state index in [-0.39, 0.29) is 16.8 Å². The fourth-order valence-electron chi connectivity index (χ4n) is 4.04. The SMILES string of the molecule is COC(=O)C12CCC(c3ccc(OC)cc3)(CC1)C2. The van der Waals surface area contributed by atoms with E-state index in [0.717, 1.165) is 37.9 Å². The molecule has 0 aliphatic heterocycles. The summed E-state index contributed by atoms with van der Waals surface area (Å²) in [5, 5.41) is 0. The lowest BCUT2D eigenvalue weighted by molar-refractivity contribution is -0.152. The monoisotopic (exact) mass is 260 g/mol. The van der Waals surface area contributed by atoms with Crippen molar-refractivity contribution in [2.24, 2.45) is 5.41 Å². The molecule has 3 rings (SSSR count). The zero-order valence-electron chi connectivity index (χ0n) is 11.6. The molecule has 0 amide bonds. The van der Waals surface area contributed by atoms with E-state index in [0.29, 0.717) is 0 Å². The van der Waals surface area contributed by atoms with Gasteiger partial charge in [-0.05, 0) is 55.2 Å². The first kappa shape index (κ1) is 12.5. The predicted molar refractivity (Wildman–Crippen MR) is 72.2 cm³/mol. The molecule has 102 valence electrons. The second-order valence-corrected chi connectivity index (χ2v) is 5.96. The standard InChI is InChI=1S/C16H20O3/c1-18-13-5-3-12(4-6-13)15-7-9-16(11-15,10-8-15)14(17)19-2/h3-6H,7-11H2,1-2H3. The predicted octanol–water partition coefficient (Wildman–Crippen LogP) is 3.07. The van der Waals surface area contributed by atoms with E-state index in [2.05, 4.69) is 12.1 Å². The van der Waals surface area contributed by atoms with Gasteiger partial charge in [-0.15, -0.1) is 0 Å². The lowest BCUT2D eigenvalue weighted by atomic mass is 9.77. The molecule has 2 fully saturated rings. The Hall–Kier alpha value is -1.51. The van der Waals surface area contributed by atoms with Gasteiger partial charge in [-0.3, -0.25) is 4.79 Å². The van der Waals surface area contributed by atoms with Crippen LogP contribution in [-0.2, 0) is 14.9 Å². The van der Waals surface area contributed by atoms with Gasteiger partial charge in [-0.1, -0.05) is 12.1 Å². The average Bonchev–Trinajstić information content (AvgIpc) is 3.05. The number of methoxy groups -OCH3 is 2. The Morgan fingerprint density at radius 2 is 1.68 bits per heavy atom. The summed E-state index contributed by atoms with van der Waals surface area (Å²) in [6.07, 6.45) is 5.05. The topological polar surface area (TPSA) is 35.5 Å². The number of benzene rings is 1. The Labute approximate surface area is 113 Å². The highest BCUT2D eigenvalue weighted by Gasteiger charge is 2.59. The van der Waals surface area contributed by atoms with Crippen molar-refractivity contribution >= 4 is 5.97 Å². The molecule has 1 aromatic rings. The van der Waals surface area contributed by atoms with Crippen molar-refractivity contribution in [1.29, 1.82) is 0 Å². The van der Waals surface area contributed by atoms with Gasteiger partial charge in [0.1, 0.15) is 5.75 Å². The number of carbonyl (C=O) groups is 1. The zero-order valence-corrected chi connectivity index (χ0v) is 11.6. The minimum Gasteiger partial charge on any atom is -0.497 e. The summed E-state index contributed by atoms with van der Waals surface area (Å²) in [5.74, 6) is 0.871. The van der Waals surface area contributed by atoms with Crippen LogP contribution in [0.5, 0.6) is 5.75 Å². The largest absolute Gasteiger partial charge is 0.497 e. The minimum absolute atomic E-state index is 0.0135. The van der Waals surface area contributed by atoms with Crippen LogP contribution >= 0.6 is 0 Å². The van der Waals surface area contributed by atoms with Gasteiger partial charge >= 0.3 is 5.97 Å². The number of hydrogen-bond donors (Lipinski definition) is 0. The van der Waals surface area contributed by atoms with Crippen LogP contribution in [-0.4, -0.2) is 20.2 Å². The van der Waals surface area contributed by atoms with Crippen molar-refractivity contribution in [3.63, 3.8) is 0 Å². The molecule has 2 aliphatic carbocycles. The maximum absolute atomic E-state index is 12.0. The van der Waals surface area contributed by atoms with Crippen LogP contribution in [0, 0.1) is 5.41 Å². The number of ether oxygens (including phenoxy) is 2. The third-order valence-corrected chi connectivity index (χ3v) is 5.16. The van der Waals surface area contributed by atoms with Gasteiger partial charge in [0, 0.05) is 0 Å². The number of fused-ring (bicyclic) bond motifs is 2. The molecule has 0 saturated heterocycles. The number of esters is 1. The van der Waals surface area contributed by atoms with Crippen LogP contribution in [0.2, 0.25) is 0 Å². The summed E-state index contributed by atoms with van der Waals surface area (Å²) in [6, 6.07) is 8.33. The number of rotatable bonds is 3. The van der Waals surface area contributed by atoms with Crippen molar-refractivity contribution < 1.29 is 14.3 Å². The minimum atomic E-state index is -0.214. The molecule has 0 heterocycles. The molecule has 0 aromatic heterocycles. The van der Waals surface area contributed by atoms with Crippen molar-refractivity contribution in [3.05, 3.63) is 29.8 Å². The Kier molecular flexibility index (Phi) is 2.80. The molecular formula is C16H20O3. The summed E-state index contributed by atoms with van der Waals surface area (Å²) in [7, 11) is 3.18. The Balaban J connectivity index is 1.88. The second kappa shape index (κ2) is 4.26. The van der Waals surface area contributed by atoms with E-state index < -0.39 is 0 Å². The quantitative estimate of drug-likeness (QED) is 0.783. The highest BCUT2D eigenvalue weighted by atomic mass is 16.5. The van der Waals surface area contributed by atoms with Gasteiger partial charge in [0.25, 0.3) is 0 Å². The lowest BCUT2D eigenvalue weighted by Gasteiger charge is -2.27. The molecular weight excluding hydrogens is 240 g/mol. The molecule has 2 saturated carbocycles. The summed E-state index contributed by atoms with van der Waals surface area (Å²) in [5.41, 5.74) is 1.31. The number of hydrogen-bond acceptors (Lipinski definition) is 3. The third-order valence-electron chi connectivity index (χ3n) is 5.16. The van der Waals surface area contributed by atoms with Crippen molar-refractivity contribution in [2.75, 3.05) is 14.2 Å². The van der Waals surface area contributed by atoms with Crippen LogP contribution in [0.15, 0.2) is 24.3 Å². The van der Waals surface area contributed by atoms with Gasteiger partial charge in [0.15, 0.2) is 0 Å². The molecule has 0 atom stereocenters. The van der Waals surface area contributed by atoms with Crippen LogP contribution in [0.25, 0.3) is 0 Å². The summed E-state index contributed by atoms with van der Waals surface area (Å²) in [4.78, 5) is 12.0. The lowest BCUT2D eigenvalue weighted by Crippen LogP contribution is -2.27. The van der Waals surface area contributed by atoms with Crippen LogP contribution in [0.4, 0.5) is 0 Å². The fraction of sp³-hybridized carbons (Fsp3) is 0.562. The molecule has 3 nitrogen and oxygen atoms in total. The highest BCUT2D eigenvalue weighted by Crippen LogP contribution is 2.62. The van der Waals surface area contributed by atoms with E-state index in [1.807, 2.05) is 12.1 Å². The van der Waals surface area contributed by atoms with Gasteiger partial charge < -0.3 is 9.47 Å². The Morgan fingerprint density at radius 1 is 1.05 bits per heavy atom. The summed E-state index contributed by atoms with van der Waals surface area (Å²) < 4.78 is 10.2. The first-order valence-electron chi connectivity index (χ1n) is 6.87. The normalized spacial score (nSPS) is 32.3. The Morgan fingerprint density at radius 3 is 2.21 bits per heavy atom. The van der Waals surface area contributed by atoms with Crippen molar-refractivity contribution in [3.8, 4) is 5.75 Å². The second-order valence-electron chi connectivity index (χ2n) is 5.96. The van der Waals surface area contributed by atoms with Gasteiger partial charge in [-0.2, -0.15) is 0 Å². The van der Waals surface area contributed by atoms with Crippen LogP contribution < -0.4 is 4.74 Å². The molecule has 0 unspecified atom stereocenters. The molecule has 3 heteroatoms. The van der Waals surface area contributed by atoms with Gasteiger partial charge in [-0.25, -0.2) is 0 Å². The molecule has 2 aliphatic rings. The van der Waals surface area contributed by atoms with Crippen LogP contribution in [0.1, 0.15) is 37.7 Å². The fourth-order valence-corrected chi connectivity index (χ4v) is 4.04. The summed E-state index contributed by atoms with van der Waals surface area (Å²) in [6.45, 7) is 0. The molecule has 0 spiro atoms. The third kappa shape index (κ3) is 1.75. The van der Waals surface area contributed by atoms with Crippen molar-refractivity contribution in [1.82, 2.24) is 0 Å². The smallest absolute Gasteiger partial charge is 0.311 e. The van der Waals surface area contributed by atoms with E-state index >= 15 is 0 Å². The number of carbonyl (C=O) groups excluding carboxylic acids is 1. The summed E-state index contributed by atoms with van der Waals surface area (Å²) >= 11 is 0. The molecule has 1 aromatic carbocycles. The van der Waals surface area contributed by atoms with Gasteiger partial charge in [0.2, 0.25) is 0 Å². The molecule has 19 heavy (non-hydrogen) atoms. The van der Waals surface area contributed by atoms with E-state index in [4.69, 9.17) is 9.47 Å². The maximum atomic E-state index is 12.0. The Bertz CT molecular complexity index is 481. The molecule has 0 radical (unpaired) electrons.